The van der Waals surface area contributed by atoms with Crippen molar-refractivity contribution in [3.63, 3.8) is 0 Å². The van der Waals surface area contributed by atoms with Gasteiger partial charge in [-0.2, -0.15) is 0 Å². The van der Waals surface area contributed by atoms with Crippen molar-refractivity contribution in [1.29, 1.82) is 0 Å². The van der Waals surface area contributed by atoms with E-state index < -0.39 is 5.60 Å². The number of methoxy groups -OCH3 is 1. The average Bonchev–Trinajstić information content (AvgIpc) is 2.16. The summed E-state index contributed by atoms with van der Waals surface area (Å²) in [6.07, 6.45) is 5.25. The number of hydrogen-bond acceptors (Lipinski definition) is 3. The van der Waals surface area contributed by atoms with Crippen molar-refractivity contribution in [2.75, 3.05) is 13.7 Å². The standard InChI is InChI=1S/C10H20O3/c1-13-9-5-2-3-6-10(9,12)7-4-8-11/h9,11-12H,2-8H2,1H3/t9-,10-/m0/s1. The highest BCUT2D eigenvalue weighted by atomic mass is 16.5. The van der Waals surface area contributed by atoms with Crippen LogP contribution >= 0.6 is 0 Å². The van der Waals surface area contributed by atoms with E-state index in [1.807, 2.05) is 0 Å². The van der Waals surface area contributed by atoms with Gasteiger partial charge in [-0.15, -0.1) is 0 Å². The predicted octanol–water partition coefficient (Wildman–Crippen LogP) is 1.08. The Labute approximate surface area is 79.7 Å². The van der Waals surface area contributed by atoms with Gasteiger partial charge in [0.1, 0.15) is 0 Å². The Morgan fingerprint density at radius 2 is 2.23 bits per heavy atom. The lowest BCUT2D eigenvalue weighted by atomic mass is 9.79. The smallest absolute Gasteiger partial charge is 0.0908 e. The second-order valence-electron chi connectivity index (χ2n) is 3.90. The summed E-state index contributed by atoms with van der Waals surface area (Å²) in [4.78, 5) is 0. The molecule has 3 heteroatoms. The van der Waals surface area contributed by atoms with Crippen molar-refractivity contribution in [2.24, 2.45) is 0 Å². The molecular formula is C10H20O3. The molecule has 0 aromatic carbocycles. The molecule has 0 radical (unpaired) electrons. The first kappa shape index (κ1) is 11.0. The Balaban J connectivity index is 2.49. The largest absolute Gasteiger partial charge is 0.396 e. The number of aliphatic hydroxyl groups is 2. The molecule has 0 heterocycles. The van der Waals surface area contributed by atoms with Crippen molar-refractivity contribution in [2.45, 2.75) is 50.2 Å². The maximum absolute atomic E-state index is 10.2. The van der Waals surface area contributed by atoms with E-state index >= 15 is 0 Å². The Morgan fingerprint density at radius 3 is 2.85 bits per heavy atom. The van der Waals surface area contributed by atoms with Gasteiger partial charge in [0, 0.05) is 13.7 Å². The third-order valence-electron chi connectivity index (χ3n) is 2.98. The first-order valence-electron chi connectivity index (χ1n) is 5.09. The molecular weight excluding hydrogens is 168 g/mol. The topological polar surface area (TPSA) is 49.7 Å². The lowest BCUT2D eigenvalue weighted by Crippen LogP contribution is -2.46. The van der Waals surface area contributed by atoms with Crippen LogP contribution in [-0.2, 0) is 4.74 Å². The third-order valence-corrected chi connectivity index (χ3v) is 2.98. The zero-order valence-electron chi connectivity index (χ0n) is 8.33. The summed E-state index contributed by atoms with van der Waals surface area (Å²) in [5.74, 6) is 0. The molecule has 0 aromatic rings. The summed E-state index contributed by atoms with van der Waals surface area (Å²) < 4.78 is 5.27. The van der Waals surface area contributed by atoms with E-state index in [-0.39, 0.29) is 12.7 Å². The molecule has 0 bridgehead atoms. The molecule has 0 amide bonds. The Morgan fingerprint density at radius 1 is 1.46 bits per heavy atom. The van der Waals surface area contributed by atoms with Gasteiger partial charge in [0.25, 0.3) is 0 Å². The molecule has 13 heavy (non-hydrogen) atoms. The first-order chi connectivity index (χ1) is 6.23. The Kier molecular flexibility index (Phi) is 4.16. The van der Waals surface area contributed by atoms with E-state index in [1.165, 1.54) is 0 Å². The fourth-order valence-electron chi connectivity index (χ4n) is 2.20. The molecule has 3 nitrogen and oxygen atoms in total. The molecule has 0 spiro atoms. The summed E-state index contributed by atoms with van der Waals surface area (Å²) in [7, 11) is 1.65. The van der Waals surface area contributed by atoms with Crippen molar-refractivity contribution < 1.29 is 14.9 Å². The van der Waals surface area contributed by atoms with Gasteiger partial charge in [0.05, 0.1) is 11.7 Å². The molecule has 2 N–H and O–H groups in total. The fraction of sp³-hybridized carbons (Fsp3) is 1.00. The highest BCUT2D eigenvalue weighted by Gasteiger charge is 2.38. The van der Waals surface area contributed by atoms with Crippen LogP contribution in [0.15, 0.2) is 0 Å². The van der Waals surface area contributed by atoms with E-state index in [9.17, 15) is 5.11 Å². The van der Waals surface area contributed by atoms with Gasteiger partial charge < -0.3 is 14.9 Å². The fourth-order valence-corrected chi connectivity index (χ4v) is 2.20. The number of hydrogen-bond donors (Lipinski definition) is 2. The minimum atomic E-state index is -0.685. The molecule has 1 rings (SSSR count). The van der Waals surface area contributed by atoms with Crippen LogP contribution in [0.4, 0.5) is 0 Å². The van der Waals surface area contributed by atoms with Crippen molar-refractivity contribution in [1.82, 2.24) is 0 Å². The van der Waals surface area contributed by atoms with Crippen molar-refractivity contribution in [3.05, 3.63) is 0 Å². The van der Waals surface area contributed by atoms with E-state index in [1.54, 1.807) is 7.11 Å². The van der Waals surface area contributed by atoms with Gasteiger partial charge in [-0.05, 0) is 25.7 Å². The van der Waals surface area contributed by atoms with E-state index in [4.69, 9.17) is 9.84 Å². The summed E-state index contributed by atoms with van der Waals surface area (Å²) in [6.45, 7) is 0.152. The van der Waals surface area contributed by atoms with Gasteiger partial charge in [-0.3, -0.25) is 0 Å². The number of rotatable bonds is 4. The predicted molar refractivity (Wildman–Crippen MR) is 50.5 cm³/mol. The van der Waals surface area contributed by atoms with Gasteiger partial charge in [0.2, 0.25) is 0 Å². The molecule has 0 aromatic heterocycles. The van der Waals surface area contributed by atoms with Gasteiger partial charge in [-0.25, -0.2) is 0 Å². The Bertz CT molecular complexity index is 149. The van der Waals surface area contributed by atoms with Crippen LogP contribution in [0.5, 0.6) is 0 Å². The van der Waals surface area contributed by atoms with Gasteiger partial charge >= 0.3 is 0 Å². The van der Waals surface area contributed by atoms with Gasteiger partial charge in [0.15, 0.2) is 0 Å². The monoisotopic (exact) mass is 188 g/mol. The molecule has 0 saturated heterocycles. The molecule has 2 atom stereocenters. The maximum Gasteiger partial charge on any atom is 0.0908 e. The molecule has 0 aliphatic heterocycles. The van der Waals surface area contributed by atoms with Crippen LogP contribution in [-0.4, -0.2) is 35.6 Å². The minimum Gasteiger partial charge on any atom is -0.396 e. The second kappa shape index (κ2) is 4.94. The molecule has 1 aliphatic rings. The van der Waals surface area contributed by atoms with Crippen LogP contribution < -0.4 is 0 Å². The highest BCUT2D eigenvalue weighted by Crippen LogP contribution is 2.33. The summed E-state index contributed by atoms with van der Waals surface area (Å²) in [5.41, 5.74) is -0.685. The molecule has 78 valence electrons. The minimum absolute atomic E-state index is 0.0344. The first-order valence-corrected chi connectivity index (χ1v) is 5.09. The van der Waals surface area contributed by atoms with Crippen molar-refractivity contribution >= 4 is 0 Å². The molecule has 1 saturated carbocycles. The zero-order valence-corrected chi connectivity index (χ0v) is 8.33. The van der Waals surface area contributed by atoms with Crippen LogP contribution in [0.3, 0.4) is 0 Å². The Hall–Kier alpha value is -0.120. The van der Waals surface area contributed by atoms with Crippen LogP contribution in [0.25, 0.3) is 0 Å². The maximum atomic E-state index is 10.2. The van der Waals surface area contributed by atoms with E-state index in [0.717, 1.165) is 25.7 Å². The summed E-state index contributed by atoms with van der Waals surface area (Å²) in [6, 6.07) is 0. The average molecular weight is 188 g/mol. The zero-order chi connectivity index (χ0) is 9.73. The number of ether oxygens (including phenoxy) is 1. The summed E-state index contributed by atoms with van der Waals surface area (Å²) >= 11 is 0. The molecule has 1 fully saturated rings. The van der Waals surface area contributed by atoms with Crippen molar-refractivity contribution in [3.8, 4) is 0 Å². The van der Waals surface area contributed by atoms with Crippen LogP contribution in [0.2, 0.25) is 0 Å². The third kappa shape index (κ3) is 2.66. The molecule has 1 aliphatic carbocycles. The second-order valence-corrected chi connectivity index (χ2v) is 3.90. The molecule has 0 unspecified atom stereocenters. The normalized spacial score (nSPS) is 34.8. The van der Waals surface area contributed by atoms with E-state index in [2.05, 4.69) is 0 Å². The lowest BCUT2D eigenvalue weighted by molar-refractivity contribution is -0.122. The van der Waals surface area contributed by atoms with Gasteiger partial charge in [-0.1, -0.05) is 12.8 Å². The van der Waals surface area contributed by atoms with E-state index in [0.29, 0.717) is 12.8 Å². The van der Waals surface area contributed by atoms with Crippen LogP contribution in [0.1, 0.15) is 38.5 Å². The highest BCUT2D eigenvalue weighted by molar-refractivity contribution is 4.90. The quantitative estimate of drug-likeness (QED) is 0.694. The lowest BCUT2D eigenvalue weighted by Gasteiger charge is -2.39. The summed E-state index contributed by atoms with van der Waals surface area (Å²) in [5, 5.41) is 18.9. The number of aliphatic hydroxyl groups excluding tert-OH is 1. The van der Waals surface area contributed by atoms with Crippen LogP contribution in [0, 0.1) is 0 Å². The SMILES string of the molecule is CO[C@H]1CCCC[C@]1(O)CCCO.